The highest BCUT2D eigenvalue weighted by Gasteiger charge is 2.43. The van der Waals surface area contributed by atoms with Crippen molar-refractivity contribution < 1.29 is 15.0 Å². The molecule has 6 nitrogen and oxygen atoms in total. The van der Waals surface area contributed by atoms with Crippen LogP contribution in [0.1, 0.15) is 46.4 Å². The van der Waals surface area contributed by atoms with Gasteiger partial charge in [0.05, 0.1) is 6.54 Å². The first-order chi connectivity index (χ1) is 13.0. The van der Waals surface area contributed by atoms with Crippen LogP contribution in [0.15, 0.2) is 41.2 Å². The molecule has 2 aliphatic rings. The van der Waals surface area contributed by atoms with E-state index >= 15 is 0 Å². The van der Waals surface area contributed by atoms with Crippen molar-refractivity contribution in [2.24, 2.45) is 0 Å². The SMILES string of the molecule is O=C(c1cc2c([nH]c1=O)CCCC2)N1CC[C@](O)(c2ccccc2)[C@@H](O)C1. The molecule has 0 radical (unpaired) electrons. The molecule has 0 saturated carbocycles. The van der Waals surface area contributed by atoms with Crippen molar-refractivity contribution >= 4 is 5.91 Å². The average molecular weight is 368 g/mol. The second-order valence-corrected chi connectivity index (χ2v) is 7.53. The van der Waals surface area contributed by atoms with Gasteiger partial charge in [0.25, 0.3) is 11.5 Å². The van der Waals surface area contributed by atoms with E-state index in [9.17, 15) is 19.8 Å². The van der Waals surface area contributed by atoms with Gasteiger partial charge in [-0.25, -0.2) is 0 Å². The zero-order valence-corrected chi connectivity index (χ0v) is 15.1. The van der Waals surface area contributed by atoms with Crippen molar-refractivity contribution in [2.45, 2.75) is 43.8 Å². The molecule has 1 aliphatic heterocycles. The largest absolute Gasteiger partial charge is 0.388 e. The van der Waals surface area contributed by atoms with Crippen LogP contribution in [0.5, 0.6) is 0 Å². The number of likely N-dealkylation sites (tertiary alicyclic amines) is 1. The van der Waals surface area contributed by atoms with E-state index in [-0.39, 0.29) is 30.6 Å². The van der Waals surface area contributed by atoms with Crippen LogP contribution in [-0.4, -0.2) is 45.2 Å². The van der Waals surface area contributed by atoms with Gasteiger partial charge in [-0.2, -0.15) is 0 Å². The number of aromatic amines is 1. The molecule has 0 bridgehead atoms. The third-order valence-corrected chi connectivity index (χ3v) is 5.84. The lowest BCUT2D eigenvalue weighted by atomic mass is 9.82. The minimum Gasteiger partial charge on any atom is -0.388 e. The molecule has 6 heteroatoms. The van der Waals surface area contributed by atoms with Crippen LogP contribution in [0, 0.1) is 0 Å². The number of H-pyrrole nitrogens is 1. The minimum absolute atomic E-state index is 0.0131. The second kappa shape index (κ2) is 6.94. The fourth-order valence-corrected chi connectivity index (χ4v) is 4.18. The maximum atomic E-state index is 12.9. The molecule has 3 N–H and O–H groups in total. The summed E-state index contributed by atoms with van der Waals surface area (Å²) in [6.45, 7) is 0.262. The van der Waals surface area contributed by atoms with Gasteiger partial charge in [0.15, 0.2) is 0 Å². The van der Waals surface area contributed by atoms with Crippen molar-refractivity contribution in [1.29, 1.82) is 0 Å². The molecule has 0 spiro atoms. The molecule has 142 valence electrons. The van der Waals surface area contributed by atoms with Gasteiger partial charge in [-0.1, -0.05) is 30.3 Å². The molecule has 2 aromatic rings. The summed E-state index contributed by atoms with van der Waals surface area (Å²) >= 11 is 0. The van der Waals surface area contributed by atoms with Crippen LogP contribution in [0.4, 0.5) is 0 Å². The van der Waals surface area contributed by atoms with Crippen molar-refractivity contribution in [2.75, 3.05) is 13.1 Å². The number of nitrogens with zero attached hydrogens (tertiary/aromatic N) is 1. The molecular weight excluding hydrogens is 344 g/mol. The lowest BCUT2D eigenvalue weighted by molar-refractivity contribution is -0.118. The fraction of sp³-hybridized carbons (Fsp3) is 0.429. The third kappa shape index (κ3) is 3.19. The summed E-state index contributed by atoms with van der Waals surface area (Å²) in [4.78, 5) is 29.6. The molecule has 2 heterocycles. The van der Waals surface area contributed by atoms with Crippen molar-refractivity contribution in [3.05, 3.63) is 69.1 Å². The van der Waals surface area contributed by atoms with Crippen LogP contribution < -0.4 is 5.56 Å². The monoisotopic (exact) mass is 368 g/mol. The Kier molecular flexibility index (Phi) is 4.61. The smallest absolute Gasteiger partial charge is 0.261 e. The first-order valence-corrected chi connectivity index (χ1v) is 9.49. The van der Waals surface area contributed by atoms with Crippen LogP contribution in [0.25, 0.3) is 0 Å². The van der Waals surface area contributed by atoms with E-state index in [0.29, 0.717) is 5.56 Å². The quantitative estimate of drug-likeness (QED) is 0.746. The molecular formula is C21H24N2O4. The van der Waals surface area contributed by atoms with Gasteiger partial charge in [-0.15, -0.1) is 0 Å². The van der Waals surface area contributed by atoms with Gasteiger partial charge in [-0.05, 0) is 42.9 Å². The summed E-state index contributed by atoms with van der Waals surface area (Å²) in [5.74, 6) is -0.390. The molecule has 4 rings (SSSR count). The van der Waals surface area contributed by atoms with Crippen LogP contribution >= 0.6 is 0 Å². The highest BCUT2D eigenvalue weighted by atomic mass is 16.3. The van der Waals surface area contributed by atoms with E-state index in [2.05, 4.69) is 4.98 Å². The molecule has 1 aromatic carbocycles. The number of hydrogen-bond donors (Lipinski definition) is 3. The van der Waals surface area contributed by atoms with Crippen molar-refractivity contribution in [3.63, 3.8) is 0 Å². The number of fused-ring (bicyclic) bond motifs is 1. The van der Waals surface area contributed by atoms with Gasteiger partial charge in [0.1, 0.15) is 17.3 Å². The number of nitrogens with one attached hydrogen (secondary N) is 1. The number of carbonyl (C=O) groups is 1. The summed E-state index contributed by atoms with van der Waals surface area (Å²) in [6, 6.07) is 10.7. The molecule has 0 unspecified atom stereocenters. The predicted octanol–water partition coefficient (Wildman–Crippen LogP) is 1.35. The number of aromatic nitrogens is 1. The highest BCUT2D eigenvalue weighted by molar-refractivity contribution is 5.94. The minimum atomic E-state index is -1.39. The maximum Gasteiger partial charge on any atom is 0.261 e. The number of hydrogen-bond acceptors (Lipinski definition) is 4. The number of β-amino-alcohol motifs (C(OH)–C–C–N with tert-alkyl or cyclic N) is 1. The number of pyridine rings is 1. The first kappa shape index (κ1) is 17.9. The normalized spacial score (nSPS) is 25.1. The Bertz CT molecular complexity index is 908. The summed E-state index contributed by atoms with van der Waals surface area (Å²) in [7, 11) is 0. The van der Waals surface area contributed by atoms with Gasteiger partial charge in [-0.3, -0.25) is 9.59 Å². The number of aryl methyl sites for hydroxylation is 2. The highest BCUT2D eigenvalue weighted by Crippen LogP contribution is 2.33. The Labute approximate surface area is 157 Å². The van der Waals surface area contributed by atoms with Gasteiger partial charge < -0.3 is 20.1 Å². The predicted molar refractivity (Wildman–Crippen MR) is 101 cm³/mol. The van der Waals surface area contributed by atoms with Gasteiger partial charge >= 0.3 is 0 Å². The Hall–Kier alpha value is -2.44. The van der Waals surface area contributed by atoms with E-state index in [4.69, 9.17) is 0 Å². The van der Waals surface area contributed by atoms with Gasteiger partial charge in [0, 0.05) is 18.7 Å². The molecule has 1 amide bonds. The topological polar surface area (TPSA) is 93.6 Å². The molecule has 1 fully saturated rings. The standard InChI is InChI=1S/C21H24N2O4/c24-18-13-23(11-10-21(18,27)15-7-2-1-3-8-15)20(26)16-12-14-6-4-5-9-17(14)22-19(16)25/h1-3,7-8,12,18,24,27H,4-6,9-11,13H2,(H,22,25)/t18-,21-/m0/s1. The number of aliphatic hydroxyl groups excluding tert-OH is 1. The zero-order chi connectivity index (χ0) is 19.0. The van der Waals surface area contributed by atoms with E-state index < -0.39 is 17.6 Å². The fourth-order valence-electron chi connectivity index (χ4n) is 4.18. The number of aliphatic hydroxyl groups is 2. The Balaban J connectivity index is 1.56. The Morgan fingerprint density at radius 2 is 1.93 bits per heavy atom. The maximum absolute atomic E-state index is 12.9. The molecule has 1 saturated heterocycles. The summed E-state index contributed by atoms with van der Waals surface area (Å²) in [5.41, 5.74) is 0.950. The summed E-state index contributed by atoms with van der Waals surface area (Å²) < 4.78 is 0. The van der Waals surface area contributed by atoms with Crippen LogP contribution in [-0.2, 0) is 18.4 Å². The van der Waals surface area contributed by atoms with Crippen molar-refractivity contribution in [3.8, 4) is 0 Å². The number of benzene rings is 1. The molecule has 27 heavy (non-hydrogen) atoms. The number of carbonyl (C=O) groups excluding carboxylic acids is 1. The van der Waals surface area contributed by atoms with E-state index in [1.807, 2.05) is 18.2 Å². The second-order valence-electron chi connectivity index (χ2n) is 7.53. The third-order valence-electron chi connectivity index (χ3n) is 5.84. The van der Waals surface area contributed by atoms with Crippen molar-refractivity contribution in [1.82, 2.24) is 9.88 Å². The molecule has 1 aliphatic carbocycles. The number of amides is 1. The summed E-state index contributed by atoms with van der Waals surface area (Å²) in [6.07, 6.45) is 2.90. The van der Waals surface area contributed by atoms with E-state index in [1.165, 1.54) is 4.90 Å². The molecule has 2 atom stereocenters. The van der Waals surface area contributed by atoms with Crippen LogP contribution in [0.3, 0.4) is 0 Å². The number of rotatable bonds is 2. The average Bonchev–Trinajstić information content (AvgIpc) is 2.69. The van der Waals surface area contributed by atoms with Gasteiger partial charge in [0.2, 0.25) is 0 Å². The summed E-state index contributed by atoms with van der Waals surface area (Å²) in [5, 5.41) is 21.5. The lowest BCUT2D eigenvalue weighted by Crippen LogP contribution is -2.55. The van der Waals surface area contributed by atoms with Crippen LogP contribution in [0.2, 0.25) is 0 Å². The molecule has 1 aromatic heterocycles. The Morgan fingerprint density at radius 3 is 2.67 bits per heavy atom. The Morgan fingerprint density at radius 1 is 1.19 bits per heavy atom. The van der Waals surface area contributed by atoms with E-state index in [1.54, 1.807) is 18.2 Å². The lowest BCUT2D eigenvalue weighted by Gasteiger charge is -2.42. The number of piperidine rings is 1. The zero-order valence-electron chi connectivity index (χ0n) is 15.1. The first-order valence-electron chi connectivity index (χ1n) is 9.49. The van der Waals surface area contributed by atoms with E-state index in [0.717, 1.165) is 36.9 Å².